The Hall–Kier alpha value is -0.720. The van der Waals surface area contributed by atoms with Gasteiger partial charge in [-0.2, -0.15) is 13.2 Å². The average molecular weight is 251 g/mol. The number of aliphatic hydroxyl groups is 1. The van der Waals surface area contributed by atoms with Gasteiger partial charge in [-0.1, -0.05) is 18.2 Å². The van der Waals surface area contributed by atoms with E-state index in [4.69, 9.17) is 5.11 Å². The summed E-state index contributed by atoms with van der Waals surface area (Å²) in [5, 5.41) is 11.8. The quantitative estimate of drug-likeness (QED) is 0.807. The number of aliphatic hydroxyl groups excluding tert-OH is 1. The van der Waals surface area contributed by atoms with E-state index in [1.165, 1.54) is 6.07 Å². The molecule has 1 aromatic carbocycles. The Morgan fingerprint density at radius 1 is 1.38 bits per heavy atom. The second kappa shape index (κ2) is 5.56. The molecule has 0 aliphatic carbocycles. The molecule has 6 heteroatoms. The van der Waals surface area contributed by atoms with Crippen molar-refractivity contribution in [2.45, 2.75) is 16.4 Å². The summed E-state index contributed by atoms with van der Waals surface area (Å²) in [7, 11) is 1.59. The fourth-order valence-corrected chi connectivity index (χ4v) is 2.06. The Morgan fingerprint density at radius 3 is 2.50 bits per heavy atom. The lowest BCUT2D eigenvalue weighted by Gasteiger charge is -2.17. The Bertz CT molecular complexity index is 339. The number of likely N-dealkylation sites (N-methyl/N-ethyl adjacent to an activating group) is 1. The monoisotopic (exact) mass is 251 g/mol. The number of rotatable bonds is 4. The first-order valence-corrected chi connectivity index (χ1v) is 5.42. The van der Waals surface area contributed by atoms with Gasteiger partial charge in [0, 0.05) is 4.90 Å². The summed E-state index contributed by atoms with van der Waals surface area (Å²) in [4.78, 5) is 0.114. The van der Waals surface area contributed by atoms with E-state index in [2.05, 4.69) is 5.32 Å². The van der Waals surface area contributed by atoms with Crippen molar-refractivity contribution >= 4 is 11.8 Å². The number of alkyl halides is 3. The van der Waals surface area contributed by atoms with Crippen molar-refractivity contribution in [3.63, 3.8) is 0 Å². The molecule has 0 spiro atoms. The van der Waals surface area contributed by atoms with Crippen LogP contribution in [0.4, 0.5) is 13.2 Å². The summed E-state index contributed by atoms with van der Waals surface area (Å²) in [5.74, 6) is 0. The van der Waals surface area contributed by atoms with Crippen LogP contribution in [-0.2, 0) is 0 Å². The lowest BCUT2D eigenvalue weighted by molar-refractivity contribution is -0.0328. The Morgan fingerprint density at radius 2 is 2.00 bits per heavy atom. The van der Waals surface area contributed by atoms with Gasteiger partial charge in [0.25, 0.3) is 0 Å². The van der Waals surface area contributed by atoms with Crippen molar-refractivity contribution in [1.29, 1.82) is 0 Å². The predicted molar refractivity (Wildman–Crippen MR) is 57.2 cm³/mol. The molecule has 0 amide bonds. The SMILES string of the molecule is CN[C@H](CO)c1ccccc1SC(F)(F)F. The summed E-state index contributed by atoms with van der Waals surface area (Å²) in [6.07, 6.45) is 0. The highest BCUT2D eigenvalue weighted by Crippen LogP contribution is 2.39. The second-order valence-corrected chi connectivity index (χ2v) is 4.22. The molecule has 0 unspecified atom stereocenters. The van der Waals surface area contributed by atoms with E-state index in [9.17, 15) is 13.2 Å². The molecular formula is C10H12F3NOS. The van der Waals surface area contributed by atoms with Crippen LogP contribution >= 0.6 is 11.8 Å². The van der Waals surface area contributed by atoms with Crippen molar-refractivity contribution in [3.8, 4) is 0 Å². The van der Waals surface area contributed by atoms with Gasteiger partial charge in [0.15, 0.2) is 0 Å². The molecule has 2 N–H and O–H groups in total. The molecule has 0 heterocycles. The average Bonchev–Trinajstić information content (AvgIpc) is 2.20. The van der Waals surface area contributed by atoms with E-state index in [1.54, 1.807) is 25.2 Å². The van der Waals surface area contributed by atoms with Crippen molar-refractivity contribution in [3.05, 3.63) is 29.8 Å². The highest BCUT2D eigenvalue weighted by atomic mass is 32.2. The topological polar surface area (TPSA) is 32.3 Å². The molecule has 0 bridgehead atoms. The Labute approximate surface area is 95.9 Å². The maximum atomic E-state index is 12.3. The molecule has 1 aromatic rings. The van der Waals surface area contributed by atoms with Gasteiger partial charge < -0.3 is 10.4 Å². The normalized spacial score (nSPS) is 13.8. The minimum atomic E-state index is -4.32. The second-order valence-electron chi connectivity index (χ2n) is 3.11. The molecule has 0 aliphatic heterocycles. The first-order valence-electron chi connectivity index (χ1n) is 4.60. The summed E-state index contributed by atoms with van der Waals surface area (Å²) in [6.45, 7) is -0.244. The fraction of sp³-hybridized carbons (Fsp3) is 0.400. The summed E-state index contributed by atoms with van der Waals surface area (Å²) in [5.41, 5.74) is -3.86. The molecule has 2 nitrogen and oxygen atoms in total. The highest BCUT2D eigenvalue weighted by Gasteiger charge is 2.31. The number of hydrogen-bond acceptors (Lipinski definition) is 3. The number of thioether (sulfide) groups is 1. The van der Waals surface area contributed by atoms with Gasteiger partial charge in [-0.3, -0.25) is 0 Å². The van der Waals surface area contributed by atoms with Crippen LogP contribution in [0.25, 0.3) is 0 Å². The smallest absolute Gasteiger partial charge is 0.394 e. The third-order valence-electron chi connectivity index (χ3n) is 2.05. The van der Waals surface area contributed by atoms with E-state index in [-0.39, 0.29) is 23.3 Å². The molecule has 0 fully saturated rings. The molecule has 0 aliphatic rings. The molecule has 0 aromatic heterocycles. The third-order valence-corrected chi connectivity index (χ3v) is 2.87. The molecule has 0 saturated heterocycles. The van der Waals surface area contributed by atoms with Gasteiger partial charge in [0.1, 0.15) is 0 Å². The van der Waals surface area contributed by atoms with Crippen molar-refractivity contribution in [2.24, 2.45) is 0 Å². The molecule has 90 valence electrons. The van der Waals surface area contributed by atoms with E-state index in [0.717, 1.165) is 0 Å². The highest BCUT2D eigenvalue weighted by molar-refractivity contribution is 8.00. The first kappa shape index (κ1) is 13.3. The first-order chi connectivity index (χ1) is 7.48. The zero-order valence-corrected chi connectivity index (χ0v) is 9.40. The van der Waals surface area contributed by atoms with Crippen molar-refractivity contribution < 1.29 is 18.3 Å². The number of hydrogen-bond donors (Lipinski definition) is 2. The van der Waals surface area contributed by atoms with Crippen molar-refractivity contribution in [1.82, 2.24) is 5.32 Å². The minimum absolute atomic E-state index is 0.114. The standard InChI is InChI=1S/C10H12F3NOS/c1-14-8(6-15)7-4-2-3-5-9(7)16-10(11,12)13/h2-5,8,14-15H,6H2,1H3/t8-/m1/s1. The maximum Gasteiger partial charge on any atom is 0.446 e. The Kier molecular flexibility index (Phi) is 4.64. The van der Waals surface area contributed by atoms with E-state index >= 15 is 0 Å². The zero-order chi connectivity index (χ0) is 12.2. The molecule has 1 rings (SSSR count). The van der Waals surface area contributed by atoms with Gasteiger partial charge in [-0.15, -0.1) is 0 Å². The van der Waals surface area contributed by atoms with E-state index in [0.29, 0.717) is 5.56 Å². The van der Waals surface area contributed by atoms with Crippen LogP contribution in [0.3, 0.4) is 0 Å². The van der Waals surface area contributed by atoms with E-state index in [1.807, 2.05) is 0 Å². The largest absolute Gasteiger partial charge is 0.446 e. The third kappa shape index (κ3) is 3.70. The number of benzene rings is 1. The summed E-state index contributed by atoms with van der Waals surface area (Å²) in [6, 6.07) is 5.68. The van der Waals surface area contributed by atoms with Crippen LogP contribution in [-0.4, -0.2) is 24.3 Å². The number of halogens is 3. The van der Waals surface area contributed by atoms with Crippen LogP contribution in [0.5, 0.6) is 0 Å². The summed E-state index contributed by atoms with van der Waals surface area (Å²) >= 11 is -0.165. The molecule has 1 atom stereocenters. The minimum Gasteiger partial charge on any atom is -0.394 e. The number of nitrogens with one attached hydrogen (secondary N) is 1. The van der Waals surface area contributed by atoms with Crippen molar-refractivity contribution in [2.75, 3.05) is 13.7 Å². The molecule has 16 heavy (non-hydrogen) atoms. The lowest BCUT2D eigenvalue weighted by atomic mass is 10.1. The van der Waals surface area contributed by atoms with Gasteiger partial charge in [0.05, 0.1) is 12.6 Å². The molecule has 0 radical (unpaired) electrons. The zero-order valence-electron chi connectivity index (χ0n) is 8.58. The van der Waals surface area contributed by atoms with Crippen LogP contribution in [0.2, 0.25) is 0 Å². The van der Waals surface area contributed by atoms with Gasteiger partial charge in [0.2, 0.25) is 0 Å². The molecule has 0 saturated carbocycles. The van der Waals surface area contributed by atoms with Crippen LogP contribution in [0.1, 0.15) is 11.6 Å². The Balaban J connectivity index is 3.00. The predicted octanol–water partition coefficient (Wildman–Crippen LogP) is 2.55. The van der Waals surface area contributed by atoms with Crippen LogP contribution in [0, 0.1) is 0 Å². The van der Waals surface area contributed by atoms with Gasteiger partial charge in [-0.05, 0) is 30.4 Å². The molecular weight excluding hydrogens is 239 g/mol. The fourth-order valence-electron chi connectivity index (χ4n) is 1.33. The van der Waals surface area contributed by atoms with Gasteiger partial charge in [-0.25, -0.2) is 0 Å². The van der Waals surface area contributed by atoms with Crippen LogP contribution in [0.15, 0.2) is 29.2 Å². The van der Waals surface area contributed by atoms with Gasteiger partial charge >= 0.3 is 5.51 Å². The summed E-state index contributed by atoms with van der Waals surface area (Å²) < 4.78 is 36.8. The lowest BCUT2D eigenvalue weighted by Crippen LogP contribution is -2.21. The maximum absolute atomic E-state index is 12.3. The van der Waals surface area contributed by atoms with Crippen LogP contribution < -0.4 is 5.32 Å². The van der Waals surface area contributed by atoms with E-state index < -0.39 is 11.6 Å².